The molecule has 2 N–H and O–H groups in total. The maximum atomic E-state index is 12.7. The van der Waals surface area contributed by atoms with Crippen LogP contribution in [0.2, 0.25) is 0 Å². The molecule has 0 spiro atoms. The van der Waals surface area contributed by atoms with Crippen molar-refractivity contribution in [3.8, 4) is 5.75 Å². The first-order chi connectivity index (χ1) is 15.7. The largest absolute Gasteiger partial charge is 0.487 e. The molecule has 1 unspecified atom stereocenters. The zero-order chi connectivity index (χ0) is 23.8. The monoisotopic (exact) mass is 447 g/mol. The molecule has 2 aromatic carbocycles. The number of rotatable bonds is 7. The smallest absolute Gasteiger partial charge is 0.412 e. The second-order valence-corrected chi connectivity index (χ2v) is 8.58. The van der Waals surface area contributed by atoms with Gasteiger partial charge in [-0.3, -0.25) is 15.1 Å². The number of hydrogen-bond donors (Lipinski definition) is 2. The molecule has 3 rings (SSSR count). The number of hydrogen-bond acceptors (Lipinski definition) is 5. The van der Waals surface area contributed by atoms with Crippen molar-refractivity contribution in [3.05, 3.63) is 89.7 Å². The summed E-state index contributed by atoms with van der Waals surface area (Å²) in [6.45, 7) is 7.67. The fraction of sp³-hybridized carbons (Fsp3) is 0.269. The van der Waals surface area contributed by atoms with E-state index in [9.17, 15) is 9.59 Å². The van der Waals surface area contributed by atoms with Crippen LogP contribution >= 0.6 is 0 Å². The summed E-state index contributed by atoms with van der Waals surface area (Å²) in [5, 5.41) is 5.64. The van der Waals surface area contributed by atoms with E-state index in [4.69, 9.17) is 9.47 Å². The number of carbonyl (C=O) groups excluding carboxylic acids is 2. The number of pyridine rings is 1. The first-order valence-electron chi connectivity index (χ1n) is 10.7. The molecule has 0 fully saturated rings. The zero-order valence-electron chi connectivity index (χ0n) is 19.3. The highest BCUT2D eigenvalue weighted by Gasteiger charge is 2.17. The number of benzene rings is 2. The van der Waals surface area contributed by atoms with Gasteiger partial charge in [-0.2, -0.15) is 0 Å². The summed E-state index contributed by atoms with van der Waals surface area (Å²) in [5.74, 6) is 0.489. The molecule has 0 saturated carbocycles. The molecule has 0 bridgehead atoms. The molecule has 0 saturated heterocycles. The van der Waals surface area contributed by atoms with E-state index >= 15 is 0 Å². The number of anilines is 1. The van der Waals surface area contributed by atoms with Crippen molar-refractivity contribution in [3.63, 3.8) is 0 Å². The molecular formula is C26H29N3O4. The average molecular weight is 448 g/mol. The molecule has 7 heteroatoms. The summed E-state index contributed by atoms with van der Waals surface area (Å²) in [5.41, 5.74) is 2.21. The molecule has 33 heavy (non-hydrogen) atoms. The van der Waals surface area contributed by atoms with Gasteiger partial charge in [0.15, 0.2) is 0 Å². The van der Waals surface area contributed by atoms with Crippen molar-refractivity contribution in [2.45, 2.75) is 45.9 Å². The van der Waals surface area contributed by atoms with Gasteiger partial charge in [0.2, 0.25) is 0 Å². The van der Waals surface area contributed by atoms with Gasteiger partial charge < -0.3 is 14.8 Å². The minimum atomic E-state index is -0.583. The number of amides is 2. The van der Waals surface area contributed by atoms with Crippen molar-refractivity contribution in [1.29, 1.82) is 0 Å². The Labute approximate surface area is 194 Å². The summed E-state index contributed by atoms with van der Waals surface area (Å²) >= 11 is 0. The predicted octanol–water partition coefficient (Wildman–Crippen LogP) is 5.50. The first-order valence-corrected chi connectivity index (χ1v) is 10.7. The van der Waals surface area contributed by atoms with E-state index in [0.717, 1.165) is 11.3 Å². The van der Waals surface area contributed by atoms with Gasteiger partial charge in [0, 0.05) is 17.4 Å². The normalized spacial score (nSPS) is 11.9. The molecule has 172 valence electrons. The number of aromatic nitrogens is 1. The van der Waals surface area contributed by atoms with Crippen LogP contribution in [-0.4, -0.2) is 22.6 Å². The van der Waals surface area contributed by atoms with Crippen LogP contribution in [0, 0.1) is 0 Å². The molecule has 7 nitrogen and oxygen atoms in total. The number of carbonyl (C=O) groups is 2. The Morgan fingerprint density at radius 2 is 1.76 bits per heavy atom. The summed E-state index contributed by atoms with van der Waals surface area (Å²) < 4.78 is 11.1. The maximum Gasteiger partial charge on any atom is 0.412 e. The first kappa shape index (κ1) is 23.8. The van der Waals surface area contributed by atoms with E-state index in [0.29, 0.717) is 23.6 Å². The highest BCUT2D eigenvalue weighted by atomic mass is 16.6. The van der Waals surface area contributed by atoms with Crippen LogP contribution < -0.4 is 15.4 Å². The predicted molar refractivity (Wildman–Crippen MR) is 127 cm³/mol. The summed E-state index contributed by atoms with van der Waals surface area (Å²) in [6, 6.07) is 19.7. The lowest BCUT2D eigenvalue weighted by Crippen LogP contribution is -2.27. The van der Waals surface area contributed by atoms with Gasteiger partial charge in [-0.1, -0.05) is 18.2 Å². The summed E-state index contributed by atoms with van der Waals surface area (Å²) in [7, 11) is 0. The van der Waals surface area contributed by atoms with Gasteiger partial charge >= 0.3 is 6.09 Å². The Morgan fingerprint density at radius 3 is 2.42 bits per heavy atom. The minimum Gasteiger partial charge on any atom is -0.487 e. The Balaban J connectivity index is 1.56. The molecule has 0 radical (unpaired) electrons. The molecule has 0 aliphatic heterocycles. The van der Waals surface area contributed by atoms with Crippen molar-refractivity contribution < 1.29 is 19.1 Å². The lowest BCUT2D eigenvalue weighted by molar-refractivity contribution is 0.0635. The zero-order valence-corrected chi connectivity index (χ0v) is 19.3. The quantitative estimate of drug-likeness (QED) is 0.499. The molecule has 1 atom stereocenters. The Morgan fingerprint density at radius 1 is 1.00 bits per heavy atom. The Bertz CT molecular complexity index is 1080. The van der Waals surface area contributed by atoms with Crippen LogP contribution in [0.4, 0.5) is 10.5 Å². The van der Waals surface area contributed by atoms with Crippen LogP contribution in [0.25, 0.3) is 0 Å². The molecule has 0 aliphatic rings. The van der Waals surface area contributed by atoms with E-state index < -0.39 is 11.7 Å². The topological polar surface area (TPSA) is 89.6 Å². The standard InChI is InChI=1S/C26H29N3O4/c1-18(20-8-7-10-23(16-20)32-17-22-9-5-6-15-27-22)28-24(30)19-11-13-21(14-12-19)29-25(31)33-26(2,3)4/h5-16,18H,17H2,1-4H3,(H,28,30)(H,29,31). The SMILES string of the molecule is CC(NC(=O)c1ccc(NC(=O)OC(C)(C)C)cc1)c1cccc(OCc2ccccn2)c1. The van der Waals surface area contributed by atoms with Crippen molar-refractivity contribution in [1.82, 2.24) is 10.3 Å². The third-order valence-corrected chi connectivity index (χ3v) is 4.61. The molecule has 2 amide bonds. The Kier molecular flexibility index (Phi) is 7.66. The van der Waals surface area contributed by atoms with Gasteiger partial charge in [0.25, 0.3) is 5.91 Å². The van der Waals surface area contributed by atoms with Crippen molar-refractivity contribution in [2.24, 2.45) is 0 Å². The summed E-state index contributed by atoms with van der Waals surface area (Å²) in [4.78, 5) is 28.8. The van der Waals surface area contributed by atoms with E-state index in [-0.39, 0.29) is 11.9 Å². The Hall–Kier alpha value is -3.87. The highest BCUT2D eigenvalue weighted by Crippen LogP contribution is 2.21. The van der Waals surface area contributed by atoms with Crippen LogP contribution in [0.5, 0.6) is 5.75 Å². The average Bonchev–Trinajstić information content (AvgIpc) is 2.77. The molecular weight excluding hydrogens is 418 g/mol. The summed E-state index contributed by atoms with van der Waals surface area (Å²) in [6.07, 6.45) is 1.19. The van der Waals surface area contributed by atoms with E-state index in [1.807, 2.05) is 49.4 Å². The van der Waals surface area contributed by atoms with E-state index in [2.05, 4.69) is 15.6 Å². The van der Waals surface area contributed by atoms with Crippen LogP contribution in [-0.2, 0) is 11.3 Å². The number of ether oxygens (including phenoxy) is 2. The van der Waals surface area contributed by atoms with Crippen LogP contribution in [0.15, 0.2) is 72.9 Å². The third kappa shape index (κ3) is 7.64. The minimum absolute atomic E-state index is 0.217. The lowest BCUT2D eigenvalue weighted by atomic mass is 10.1. The van der Waals surface area contributed by atoms with Crippen molar-refractivity contribution >= 4 is 17.7 Å². The third-order valence-electron chi connectivity index (χ3n) is 4.61. The van der Waals surface area contributed by atoms with Gasteiger partial charge in [0.1, 0.15) is 18.0 Å². The molecule has 1 aromatic heterocycles. The second kappa shape index (κ2) is 10.6. The number of nitrogens with one attached hydrogen (secondary N) is 2. The molecule has 0 aliphatic carbocycles. The lowest BCUT2D eigenvalue weighted by Gasteiger charge is -2.19. The number of nitrogens with zero attached hydrogens (tertiary/aromatic N) is 1. The van der Waals surface area contributed by atoms with E-state index in [1.165, 1.54) is 0 Å². The van der Waals surface area contributed by atoms with Crippen LogP contribution in [0.1, 0.15) is 55.4 Å². The van der Waals surface area contributed by atoms with Gasteiger partial charge in [-0.15, -0.1) is 0 Å². The highest BCUT2D eigenvalue weighted by molar-refractivity contribution is 5.95. The van der Waals surface area contributed by atoms with Crippen molar-refractivity contribution in [2.75, 3.05) is 5.32 Å². The fourth-order valence-corrected chi connectivity index (χ4v) is 3.00. The van der Waals surface area contributed by atoms with Crippen LogP contribution in [0.3, 0.4) is 0 Å². The van der Waals surface area contributed by atoms with E-state index in [1.54, 1.807) is 51.2 Å². The van der Waals surface area contributed by atoms with Gasteiger partial charge in [-0.05, 0) is 81.8 Å². The van der Waals surface area contributed by atoms with Gasteiger partial charge in [0.05, 0.1) is 11.7 Å². The fourth-order valence-electron chi connectivity index (χ4n) is 3.00. The maximum absolute atomic E-state index is 12.7. The second-order valence-electron chi connectivity index (χ2n) is 8.58. The molecule has 1 heterocycles. The van der Waals surface area contributed by atoms with Gasteiger partial charge in [-0.25, -0.2) is 4.79 Å². The molecule has 3 aromatic rings.